The summed E-state index contributed by atoms with van der Waals surface area (Å²) in [5.74, 6) is 0. The molecule has 0 radical (unpaired) electrons. The van der Waals surface area contributed by atoms with Crippen molar-refractivity contribution in [3.05, 3.63) is 0 Å². The van der Waals surface area contributed by atoms with Crippen LogP contribution in [-0.4, -0.2) is 60.7 Å². The summed E-state index contributed by atoms with van der Waals surface area (Å²) >= 11 is 0. The van der Waals surface area contributed by atoms with Crippen LogP contribution >= 0.6 is 0 Å². The Morgan fingerprint density at radius 2 is 2.05 bits per heavy atom. The Bertz CT molecular complexity index is 250. The maximum Gasteiger partial charge on any atom is 0.0900 e. The first-order valence-electron chi connectivity index (χ1n) is 7.80. The maximum absolute atomic E-state index is 10.1. The topological polar surface area (TPSA) is 41.9 Å². The van der Waals surface area contributed by atoms with Crippen molar-refractivity contribution in [2.24, 2.45) is 0 Å². The Labute approximate surface area is 117 Å². The van der Waals surface area contributed by atoms with Gasteiger partial charge in [0.15, 0.2) is 0 Å². The van der Waals surface area contributed by atoms with Crippen LogP contribution in [0.1, 0.15) is 46.0 Å². The fourth-order valence-electron chi connectivity index (χ4n) is 2.91. The summed E-state index contributed by atoms with van der Waals surface area (Å²) in [7, 11) is 0. The highest BCUT2D eigenvalue weighted by Crippen LogP contribution is 2.26. The fourth-order valence-corrected chi connectivity index (χ4v) is 2.91. The summed E-state index contributed by atoms with van der Waals surface area (Å²) in [6.07, 6.45) is 5.99. The fraction of sp³-hybridized carbons (Fsp3) is 1.00. The lowest BCUT2D eigenvalue weighted by Crippen LogP contribution is -2.48. The van der Waals surface area contributed by atoms with Crippen LogP contribution in [0.15, 0.2) is 0 Å². The zero-order valence-electron chi connectivity index (χ0n) is 12.4. The number of ether oxygens (including phenoxy) is 2. The Hall–Kier alpha value is -0.160. The molecule has 0 spiro atoms. The lowest BCUT2D eigenvalue weighted by Gasteiger charge is -2.41. The molecule has 0 bridgehead atoms. The molecule has 4 nitrogen and oxygen atoms in total. The van der Waals surface area contributed by atoms with Gasteiger partial charge in [-0.1, -0.05) is 6.42 Å². The first-order valence-corrected chi connectivity index (χ1v) is 7.80. The molecule has 1 N–H and O–H groups in total. The van der Waals surface area contributed by atoms with Gasteiger partial charge in [-0.3, -0.25) is 4.90 Å². The summed E-state index contributed by atoms with van der Waals surface area (Å²) in [6, 6.07) is 1.17. The van der Waals surface area contributed by atoms with Crippen LogP contribution in [-0.2, 0) is 9.47 Å². The molecule has 2 rings (SSSR count). The molecule has 0 aromatic carbocycles. The van der Waals surface area contributed by atoms with Gasteiger partial charge in [-0.2, -0.15) is 0 Å². The molecule has 2 atom stereocenters. The van der Waals surface area contributed by atoms with Crippen LogP contribution in [0.2, 0.25) is 0 Å². The van der Waals surface area contributed by atoms with Gasteiger partial charge in [-0.15, -0.1) is 0 Å². The van der Waals surface area contributed by atoms with Crippen molar-refractivity contribution in [2.45, 2.75) is 70.2 Å². The number of hydrogen-bond acceptors (Lipinski definition) is 4. The standard InChI is InChI=1S/C15H29NO3/c1-12(2)16(13-5-3-6-13)9-14(17)10-18-11-15-7-4-8-19-15/h12-15,17H,3-11H2,1-2H3. The molecule has 2 fully saturated rings. The number of nitrogens with zero attached hydrogens (tertiary/aromatic N) is 1. The van der Waals surface area contributed by atoms with Crippen molar-refractivity contribution in [1.82, 2.24) is 4.90 Å². The van der Waals surface area contributed by atoms with Crippen molar-refractivity contribution < 1.29 is 14.6 Å². The van der Waals surface area contributed by atoms with Crippen LogP contribution < -0.4 is 0 Å². The number of hydrogen-bond donors (Lipinski definition) is 1. The van der Waals surface area contributed by atoms with E-state index >= 15 is 0 Å². The average molecular weight is 271 g/mol. The van der Waals surface area contributed by atoms with Gasteiger partial charge < -0.3 is 14.6 Å². The van der Waals surface area contributed by atoms with Gasteiger partial charge in [-0.25, -0.2) is 0 Å². The van der Waals surface area contributed by atoms with Gasteiger partial charge in [0.05, 0.1) is 25.4 Å². The normalized spacial score (nSPS) is 26.1. The molecular formula is C15H29NO3. The quantitative estimate of drug-likeness (QED) is 0.731. The molecule has 1 aliphatic heterocycles. The molecule has 19 heavy (non-hydrogen) atoms. The third-order valence-electron chi connectivity index (χ3n) is 4.27. The predicted octanol–water partition coefficient (Wildman–Crippen LogP) is 1.81. The Kier molecular flexibility index (Phi) is 6.07. The Morgan fingerprint density at radius 1 is 1.26 bits per heavy atom. The largest absolute Gasteiger partial charge is 0.389 e. The van der Waals surface area contributed by atoms with E-state index in [9.17, 15) is 5.11 Å². The smallest absolute Gasteiger partial charge is 0.0900 e. The van der Waals surface area contributed by atoms with Crippen molar-refractivity contribution in [2.75, 3.05) is 26.4 Å². The molecule has 1 heterocycles. The zero-order valence-corrected chi connectivity index (χ0v) is 12.4. The molecule has 2 aliphatic rings. The monoisotopic (exact) mass is 271 g/mol. The number of aliphatic hydroxyl groups excluding tert-OH is 1. The third-order valence-corrected chi connectivity index (χ3v) is 4.27. The van der Waals surface area contributed by atoms with Gasteiger partial charge in [0.25, 0.3) is 0 Å². The zero-order chi connectivity index (χ0) is 13.7. The minimum atomic E-state index is -0.385. The lowest BCUT2D eigenvalue weighted by molar-refractivity contribution is -0.0371. The summed E-state index contributed by atoms with van der Waals surface area (Å²) in [5, 5.41) is 10.1. The molecule has 1 saturated carbocycles. The minimum Gasteiger partial charge on any atom is -0.389 e. The highest BCUT2D eigenvalue weighted by atomic mass is 16.5. The van der Waals surface area contributed by atoms with Gasteiger partial charge in [0.1, 0.15) is 0 Å². The minimum absolute atomic E-state index is 0.250. The molecule has 112 valence electrons. The second-order valence-corrected chi connectivity index (χ2v) is 6.20. The summed E-state index contributed by atoms with van der Waals surface area (Å²) in [6.45, 7) is 7.06. The second kappa shape index (κ2) is 7.58. The highest BCUT2D eigenvalue weighted by Gasteiger charge is 2.28. The molecule has 2 unspecified atom stereocenters. The van der Waals surface area contributed by atoms with E-state index in [0.717, 1.165) is 26.0 Å². The van der Waals surface area contributed by atoms with Crippen LogP contribution in [0, 0.1) is 0 Å². The van der Waals surface area contributed by atoms with Gasteiger partial charge in [-0.05, 0) is 39.5 Å². The van der Waals surface area contributed by atoms with E-state index in [1.165, 1.54) is 19.3 Å². The van der Waals surface area contributed by atoms with E-state index in [4.69, 9.17) is 9.47 Å². The molecule has 0 aromatic heterocycles. The van der Waals surface area contributed by atoms with E-state index in [-0.39, 0.29) is 12.2 Å². The van der Waals surface area contributed by atoms with Gasteiger partial charge in [0, 0.05) is 25.2 Å². The van der Waals surface area contributed by atoms with Gasteiger partial charge in [0.2, 0.25) is 0 Å². The second-order valence-electron chi connectivity index (χ2n) is 6.20. The molecule has 1 aliphatic carbocycles. The highest BCUT2D eigenvalue weighted by molar-refractivity contribution is 4.83. The van der Waals surface area contributed by atoms with E-state index in [1.54, 1.807) is 0 Å². The van der Waals surface area contributed by atoms with Crippen molar-refractivity contribution >= 4 is 0 Å². The Balaban J connectivity index is 1.62. The van der Waals surface area contributed by atoms with Crippen molar-refractivity contribution in [3.8, 4) is 0 Å². The Morgan fingerprint density at radius 3 is 2.58 bits per heavy atom. The first-order chi connectivity index (χ1) is 9.16. The molecule has 0 aromatic rings. The van der Waals surface area contributed by atoms with Crippen molar-refractivity contribution in [3.63, 3.8) is 0 Å². The van der Waals surface area contributed by atoms with Crippen LogP contribution in [0.5, 0.6) is 0 Å². The molecule has 4 heteroatoms. The maximum atomic E-state index is 10.1. The van der Waals surface area contributed by atoms with Crippen LogP contribution in [0.3, 0.4) is 0 Å². The predicted molar refractivity (Wildman–Crippen MR) is 75.3 cm³/mol. The molecular weight excluding hydrogens is 242 g/mol. The average Bonchev–Trinajstić information content (AvgIpc) is 2.78. The number of aliphatic hydroxyl groups is 1. The van der Waals surface area contributed by atoms with E-state index < -0.39 is 0 Å². The first kappa shape index (κ1) is 15.2. The lowest BCUT2D eigenvalue weighted by atomic mass is 9.90. The van der Waals surface area contributed by atoms with E-state index in [0.29, 0.717) is 25.3 Å². The van der Waals surface area contributed by atoms with Crippen molar-refractivity contribution in [1.29, 1.82) is 0 Å². The summed E-state index contributed by atoms with van der Waals surface area (Å²) in [5.41, 5.74) is 0. The number of rotatable bonds is 8. The van der Waals surface area contributed by atoms with Gasteiger partial charge >= 0.3 is 0 Å². The summed E-state index contributed by atoms with van der Waals surface area (Å²) in [4.78, 5) is 2.42. The molecule has 1 saturated heterocycles. The van der Waals surface area contributed by atoms with E-state index in [1.807, 2.05) is 0 Å². The SMILES string of the molecule is CC(C)N(CC(O)COCC1CCCO1)C1CCC1. The van der Waals surface area contributed by atoms with Crippen LogP contribution in [0.4, 0.5) is 0 Å². The summed E-state index contributed by atoms with van der Waals surface area (Å²) < 4.78 is 11.1. The van der Waals surface area contributed by atoms with E-state index in [2.05, 4.69) is 18.7 Å². The third kappa shape index (κ3) is 4.71. The van der Waals surface area contributed by atoms with Crippen LogP contribution in [0.25, 0.3) is 0 Å². The molecule has 0 amide bonds.